The van der Waals surface area contributed by atoms with E-state index in [2.05, 4.69) is 15.3 Å². The maximum absolute atomic E-state index is 11.4. The van der Waals surface area contributed by atoms with Gasteiger partial charge < -0.3 is 10.2 Å². The number of carbonyl (C=O) groups excluding carboxylic acids is 1. The van der Waals surface area contributed by atoms with Gasteiger partial charge in [0.25, 0.3) is 0 Å². The summed E-state index contributed by atoms with van der Waals surface area (Å²) < 4.78 is 0. The quantitative estimate of drug-likeness (QED) is 0.899. The zero-order valence-electron chi connectivity index (χ0n) is 11.4. The molecule has 19 heavy (non-hydrogen) atoms. The van der Waals surface area contributed by atoms with Crippen LogP contribution in [0.3, 0.4) is 0 Å². The lowest BCUT2D eigenvalue weighted by atomic mass is 10.2. The number of ketones is 1. The number of hydrogen-bond acceptors (Lipinski definition) is 5. The second kappa shape index (κ2) is 5.15. The summed E-state index contributed by atoms with van der Waals surface area (Å²) in [6.07, 6.45) is 5.68. The van der Waals surface area contributed by atoms with Crippen molar-refractivity contribution in [2.75, 3.05) is 23.3 Å². The second-order valence-corrected chi connectivity index (χ2v) is 5.49. The van der Waals surface area contributed by atoms with Gasteiger partial charge >= 0.3 is 0 Å². The highest BCUT2D eigenvalue weighted by Crippen LogP contribution is 2.24. The Kier molecular flexibility index (Phi) is 3.36. The van der Waals surface area contributed by atoms with E-state index in [0.717, 1.165) is 24.0 Å². The summed E-state index contributed by atoms with van der Waals surface area (Å²) in [6, 6.07) is 2.52. The van der Waals surface area contributed by atoms with Crippen LogP contribution < -0.4 is 10.2 Å². The van der Waals surface area contributed by atoms with Gasteiger partial charge in [0.05, 0.1) is 6.54 Å². The first kappa shape index (κ1) is 12.4. The van der Waals surface area contributed by atoms with Crippen molar-refractivity contribution < 1.29 is 4.79 Å². The minimum absolute atomic E-state index is 0.293. The monoisotopic (exact) mass is 260 g/mol. The maximum Gasteiger partial charge on any atom is 0.153 e. The maximum atomic E-state index is 11.4. The molecule has 0 spiro atoms. The summed E-state index contributed by atoms with van der Waals surface area (Å²) in [7, 11) is 0. The molecule has 0 bridgehead atoms. The summed E-state index contributed by atoms with van der Waals surface area (Å²) in [5, 5.41) is 3.49. The highest BCUT2D eigenvalue weighted by molar-refractivity contribution is 5.86. The first-order valence-electron chi connectivity index (χ1n) is 7.09. The van der Waals surface area contributed by atoms with Crippen molar-refractivity contribution in [1.29, 1.82) is 0 Å². The molecule has 102 valence electrons. The molecule has 2 aliphatic rings. The fourth-order valence-electron chi connectivity index (χ4n) is 2.89. The molecule has 0 radical (unpaired) electrons. The molecule has 0 aromatic carbocycles. The van der Waals surface area contributed by atoms with Gasteiger partial charge in [-0.05, 0) is 19.8 Å². The number of aromatic nitrogens is 2. The predicted molar refractivity (Wildman–Crippen MR) is 74.5 cm³/mol. The van der Waals surface area contributed by atoms with Gasteiger partial charge in [-0.25, -0.2) is 9.97 Å². The van der Waals surface area contributed by atoms with Crippen LogP contribution in [0.25, 0.3) is 0 Å². The van der Waals surface area contributed by atoms with E-state index in [4.69, 9.17) is 0 Å². The first-order valence-corrected chi connectivity index (χ1v) is 7.09. The Bertz CT molecular complexity index is 482. The average Bonchev–Trinajstić information content (AvgIpc) is 3.00. The molecule has 5 heteroatoms. The van der Waals surface area contributed by atoms with Gasteiger partial charge in [-0.3, -0.25) is 4.79 Å². The van der Waals surface area contributed by atoms with Crippen molar-refractivity contribution in [3.8, 4) is 0 Å². The molecule has 5 nitrogen and oxygen atoms in total. The van der Waals surface area contributed by atoms with Crippen molar-refractivity contribution in [2.45, 2.75) is 45.1 Å². The Hall–Kier alpha value is -1.65. The number of anilines is 2. The summed E-state index contributed by atoms with van der Waals surface area (Å²) in [4.78, 5) is 22.3. The van der Waals surface area contributed by atoms with Crippen LogP contribution in [0.15, 0.2) is 6.07 Å². The van der Waals surface area contributed by atoms with Crippen LogP contribution in [0.4, 0.5) is 11.6 Å². The van der Waals surface area contributed by atoms with E-state index in [-0.39, 0.29) is 0 Å². The van der Waals surface area contributed by atoms with Gasteiger partial charge in [0.15, 0.2) is 5.78 Å². The minimum atomic E-state index is 0.293. The molecule has 0 unspecified atom stereocenters. The zero-order chi connectivity index (χ0) is 13.2. The number of rotatable bonds is 3. The van der Waals surface area contributed by atoms with Gasteiger partial charge in [0.1, 0.15) is 17.5 Å². The van der Waals surface area contributed by atoms with Gasteiger partial charge in [-0.1, -0.05) is 12.8 Å². The lowest BCUT2D eigenvalue weighted by Crippen LogP contribution is -2.22. The molecular formula is C14H20N4O. The number of carbonyl (C=O) groups is 1. The molecule has 3 rings (SSSR count). The second-order valence-electron chi connectivity index (χ2n) is 5.49. The Labute approximate surface area is 113 Å². The fourth-order valence-corrected chi connectivity index (χ4v) is 2.89. The van der Waals surface area contributed by atoms with Crippen LogP contribution in [0.1, 0.15) is 37.9 Å². The summed E-state index contributed by atoms with van der Waals surface area (Å²) >= 11 is 0. The molecule has 0 atom stereocenters. The Balaban J connectivity index is 1.77. The molecule has 1 aliphatic carbocycles. The van der Waals surface area contributed by atoms with Crippen molar-refractivity contribution >= 4 is 17.4 Å². The van der Waals surface area contributed by atoms with Crippen molar-refractivity contribution in [1.82, 2.24) is 9.97 Å². The van der Waals surface area contributed by atoms with E-state index in [1.54, 1.807) is 0 Å². The van der Waals surface area contributed by atoms with E-state index in [9.17, 15) is 4.79 Å². The molecule has 1 aliphatic heterocycles. The number of hydrogen-bond donors (Lipinski definition) is 1. The zero-order valence-corrected chi connectivity index (χ0v) is 11.4. The predicted octanol–water partition coefficient (Wildman–Crippen LogP) is 1.92. The van der Waals surface area contributed by atoms with Gasteiger partial charge in [-0.15, -0.1) is 0 Å². The lowest BCUT2D eigenvalue weighted by Gasteiger charge is -2.18. The molecule has 1 aromatic heterocycles. The molecule has 1 aromatic rings. The summed E-state index contributed by atoms with van der Waals surface area (Å²) in [5.74, 6) is 2.83. The smallest absolute Gasteiger partial charge is 0.153 e. The van der Waals surface area contributed by atoms with Crippen LogP contribution in [-0.4, -0.2) is 34.9 Å². The molecular weight excluding hydrogens is 240 g/mol. The molecule has 1 saturated heterocycles. The highest BCUT2D eigenvalue weighted by atomic mass is 16.1. The molecule has 2 fully saturated rings. The normalized spacial score (nSPS) is 20.3. The van der Waals surface area contributed by atoms with E-state index < -0.39 is 0 Å². The Morgan fingerprint density at radius 2 is 2.11 bits per heavy atom. The lowest BCUT2D eigenvalue weighted by molar-refractivity contribution is -0.116. The van der Waals surface area contributed by atoms with Crippen molar-refractivity contribution in [3.63, 3.8) is 0 Å². The van der Waals surface area contributed by atoms with E-state index in [1.165, 1.54) is 25.7 Å². The molecule has 1 saturated carbocycles. The van der Waals surface area contributed by atoms with Crippen LogP contribution in [0, 0.1) is 6.92 Å². The van der Waals surface area contributed by atoms with Crippen LogP contribution in [0.2, 0.25) is 0 Å². The molecule has 0 amide bonds. The van der Waals surface area contributed by atoms with E-state index >= 15 is 0 Å². The van der Waals surface area contributed by atoms with Crippen molar-refractivity contribution in [3.05, 3.63) is 11.9 Å². The number of aryl methyl sites for hydroxylation is 1. The van der Waals surface area contributed by atoms with Crippen molar-refractivity contribution in [2.24, 2.45) is 0 Å². The number of nitrogens with zero attached hydrogens (tertiary/aromatic N) is 3. The molecule has 1 N–H and O–H groups in total. The van der Waals surface area contributed by atoms with E-state index in [1.807, 2.05) is 17.9 Å². The summed E-state index contributed by atoms with van der Waals surface area (Å²) in [5.41, 5.74) is 0. The highest BCUT2D eigenvalue weighted by Gasteiger charge is 2.22. The van der Waals surface area contributed by atoms with Crippen LogP contribution in [-0.2, 0) is 4.79 Å². The summed E-state index contributed by atoms with van der Waals surface area (Å²) in [6.45, 7) is 3.17. The Morgan fingerprint density at radius 1 is 1.32 bits per heavy atom. The Morgan fingerprint density at radius 3 is 2.79 bits per heavy atom. The van der Waals surface area contributed by atoms with Gasteiger partial charge in [0, 0.05) is 25.1 Å². The third-order valence-corrected chi connectivity index (χ3v) is 3.88. The fraction of sp³-hybridized carbons (Fsp3) is 0.643. The average molecular weight is 260 g/mol. The first-order chi connectivity index (χ1) is 9.20. The minimum Gasteiger partial charge on any atom is -0.367 e. The largest absolute Gasteiger partial charge is 0.367 e. The van der Waals surface area contributed by atoms with Gasteiger partial charge in [-0.2, -0.15) is 0 Å². The van der Waals surface area contributed by atoms with Crippen LogP contribution >= 0.6 is 0 Å². The SMILES string of the molecule is Cc1nc(NC2CCCC2)cc(N2CCC(=O)C2)n1. The van der Waals surface area contributed by atoms with E-state index in [0.29, 0.717) is 24.8 Å². The van der Waals surface area contributed by atoms with Gasteiger partial charge in [0.2, 0.25) is 0 Å². The third kappa shape index (κ3) is 2.85. The third-order valence-electron chi connectivity index (χ3n) is 3.88. The standard InChI is InChI=1S/C14H20N4O/c1-10-15-13(17-11-4-2-3-5-11)8-14(16-10)18-7-6-12(19)9-18/h8,11H,2-7,9H2,1H3,(H,15,16,17). The number of nitrogens with one attached hydrogen (secondary N) is 1. The topological polar surface area (TPSA) is 58.1 Å². The molecule has 2 heterocycles. The van der Waals surface area contributed by atoms with Crippen LogP contribution in [0.5, 0.6) is 0 Å². The number of Topliss-reactive ketones (excluding diaryl/α,β-unsaturated/α-hetero) is 1.